The van der Waals surface area contributed by atoms with E-state index < -0.39 is 15.8 Å². The first-order valence-electron chi connectivity index (χ1n) is 5.97. The molecule has 2 aliphatic heterocycles. The van der Waals surface area contributed by atoms with Crippen LogP contribution in [0.5, 0.6) is 0 Å². The molecule has 0 aromatic heterocycles. The Morgan fingerprint density at radius 1 is 1.41 bits per heavy atom. The zero-order valence-electron chi connectivity index (χ0n) is 10.4. The highest BCUT2D eigenvalue weighted by atomic mass is 32.2. The van der Waals surface area contributed by atoms with Crippen molar-refractivity contribution < 1.29 is 13.5 Å². The Hall–Kier alpha value is -0.210. The van der Waals surface area contributed by atoms with Gasteiger partial charge in [-0.15, -0.1) is 0 Å². The zero-order valence-corrected chi connectivity index (χ0v) is 11.2. The lowest BCUT2D eigenvalue weighted by atomic mass is 9.77. The van der Waals surface area contributed by atoms with Crippen molar-refractivity contribution in [3.05, 3.63) is 0 Å². The van der Waals surface area contributed by atoms with E-state index in [0.717, 1.165) is 6.54 Å². The Balaban J connectivity index is 2.13. The van der Waals surface area contributed by atoms with Crippen LogP contribution in [0.15, 0.2) is 0 Å². The van der Waals surface area contributed by atoms with Crippen molar-refractivity contribution in [2.45, 2.75) is 18.4 Å². The average molecular weight is 263 g/mol. The van der Waals surface area contributed by atoms with E-state index >= 15 is 0 Å². The summed E-state index contributed by atoms with van der Waals surface area (Å²) in [4.78, 5) is 0. The van der Waals surface area contributed by atoms with Gasteiger partial charge in [-0.05, 0) is 19.4 Å². The third kappa shape index (κ3) is 2.34. The normalized spacial score (nSPS) is 35.9. The van der Waals surface area contributed by atoms with Crippen molar-refractivity contribution in [1.29, 1.82) is 0 Å². The number of fused-ring (bicyclic) bond motifs is 1. The van der Waals surface area contributed by atoms with E-state index in [9.17, 15) is 13.5 Å². The van der Waals surface area contributed by atoms with E-state index in [1.165, 1.54) is 22.7 Å². The maximum Gasteiger partial charge on any atom is 0.281 e. The molecule has 2 atom stereocenters. The minimum atomic E-state index is -3.35. The number of piperidine rings is 2. The lowest BCUT2D eigenvalue weighted by Gasteiger charge is -2.47. The monoisotopic (exact) mass is 263 g/mol. The fourth-order valence-electron chi connectivity index (χ4n) is 2.63. The Morgan fingerprint density at radius 3 is 2.76 bits per heavy atom. The van der Waals surface area contributed by atoms with Crippen molar-refractivity contribution in [3.63, 3.8) is 0 Å². The first kappa shape index (κ1) is 13.2. The van der Waals surface area contributed by atoms with Crippen LogP contribution in [0.3, 0.4) is 0 Å². The summed E-state index contributed by atoms with van der Waals surface area (Å²) in [7, 11) is -0.276. The fraction of sp³-hybridized carbons (Fsp3) is 1.00. The largest absolute Gasteiger partial charge is 0.389 e. The molecule has 0 saturated carbocycles. The number of aliphatic hydroxyl groups is 1. The molecule has 0 radical (unpaired) electrons. The minimum absolute atomic E-state index is 0.000255. The van der Waals surface area contributed by atoms with Crippen LogP contribution in [-0.4, -0.2) is 68.0 Å². The highest BCUT2D eigenvalue weighted by Crippen LogP contribution is 2.33. The molecule has 6 nitrogen and oxygen atoms in total. The van der Waals surface area contributed by atoms with Crippen LogP contribution in [-0.2, 0) is 10.2 Å². The van der Waals surface area contributed by atoms with Crippen LogP contribution in [0.4, 0.5) is 0 Å². The Bertz CT molecular complexity index is 384. The molecule has 0 unspecified atom stereocenters. The predicted molar refractivity (Wildman–Crippen MR) is 64.7 cm³/mol. The maximum atomic E-state index is 12.0. The van der Waals surface area contributed by atoms with E-state index in [4.69, 9.17) is 0 Å². The van der Waals surface area contributed by atoms with Crippen LogP contribution in [0.2, 0.25) is 0 Å². The second-order valence-corrected chi connectivity index (χ2v) is 7.30. The highest BCUT2D eigenvalue weighted by Gasteiger charge is 2.45. The van der Waals surface area contributed by atoms with Gasteiger partial charge < -0.3 is 10.4 Å². The van der Waals surface area contributed by atoms with Crippen LogP contribution in [0, 0.1) is 5.92 Å². The van der Waals surface area contributed by atoms with Crippen molar-refractivity contribution in [2.75, 3.05) is 40.3 Å². The average Bonchev–Trinajstić information content (AvgIpc) is 2.27. The molecule has 2 saturated heterocycles. The van der Waals surface area contributed by atoms with Crippen molar-refractivity contribution in [1.82, 2.24) is 13.9 Å². The minimum Gasteiger partial charge on any atom is -0.389 e. The van der Waals surface area contributed by atoms with Gasteiger partial charge in [0.25, 0.3) is 10.2 Å². The molecule has 2 N–H and O–H groups in total. The van der Waals surface area contributed by atoms with E-state index in [-0.39, 0.29) is 5.92 Å². The van der Waals surface area contributed by atoms with Crippen LogP contribution in [0.25, 0.3) is 0 Å². The summed E-state index contributed by atoms with van der Waals surface area (Å²) in [5, 5.41) is 13.7. The van der Waals surface area contributed by atoms with Gasteiger partial charge in [-0.2, -0.15) is 17.0 Å². The van der Waals surface area contributed by atoms with Gasteiger partial charge in [0, 0.05) is 39.6 Å². The van der Waals surface area contributed by atoms with Gasteiger partial charge in [-0.3, -0.25) is 0 Å². The first-order valence-corrected chi connectivity index (χ1v) is 7.37. The van der Waals surface area contributed by atoms with Crippen molar-refractivity contribution in [3.8, 4) is 0 Å². The summed E-state index contributed by atoms with van der Waals surface area (Å²) in [5.41, 5.74) is -0.677. The van der Waals surface area contributed by atoms with Gasteiger partial charge in [0.2, 0.25) is 0 Å². The molecular weight excluding hydrogens is 242 g/mol. The van der Waals surface area contributed by atoms with E-state index in [1.54, 1.807) is 0 Å². The third-order valence-corrected chi connectivity index (χ3v) is 5.80. The lowest BCUT2D eigenvalue weighted by Crippen LogP contribution is -2.60. The van der Waals surface area contributed by atoms with Gasteiger partial charge in [-0.25, -0.2) is 0 Å². The van der Waals surface area contributed by atoms with Crippen molar-refractivity contribution >= 4 is 10.2 Å². The van der Waals surface area contributed by atoms with E-state index in [2.05, 4.69) is 5.32 Å². The molecule has 0 amide bonds. The third-order valence-electron chi connectivity index (χ3n) is 3.89. The number of nitrogens with zero attached hydrogens (tertiary/aromatic N) is 2. The Kier molecular flexibility index (Phi) is 3.48. The molecule has 0 spiro atoms. The number of hydrogen-bond donors (Lipinski definition) is 2. The molecule has 0 aromatic rings. The highest BCUT2D eigenvalue weighted by molar-refractivity contribution is 7.86. The summed E-state index contributed by atoms with van der Waals surface area (Å²) in [6, 6.07) is 0. The standard InChI is InChI=1S/C10H21N3O3S/c1-12(2)17(15,16)13-6-4-10(14)3-5-11-7-9(10)8-13/h9,11,14H,3-8H2,1-2H3/t9-,10-/m0/s1. The number of hydrogen-bond acceptors (Lipinski definition) is 4. The second kappa shape index (κ2) is 4.47. The van der Waals surface area contributed by atoms with Crippen LogP contribution >= 0.6 is 0 Å². The lowest BCUT2D eigenvalue weighted by molar-refractivity contribution is -0.0750. The maximum absolute atomic E-state index is 12.0. The SMILES string of the molecule is CN(C)S(=O)(=O)N1CC[C@@]2(O)CCNC[C@H]2C1. The van der Waals surface area contributed by atoms with Gasteiger partial charge in [0.05, 0.1) is 5.60 Å². The van der Waals surface area contributed by atoms with Gasteiger partial charge in [0.1, 0.15) is 0 Å². The van der Waals surface area contributed by atoms with Gasteiger partial charge in [-0.1, -0.05) is 0 Å². The molecule has 2 rings (SSSR count). The van der Waals surface area contributed by atoms with Crippen molar-refractivity contribution in [2.24, 2.45) is 5.92 Å². The molecular formula is C10H21N3O3S. The molecule has 2 fully saturated rings. The van der Waals surface area contributed by atoms with Gasteiger partial charge >= 0.3 is 0 Å². The first-order chi connectivity index (χ1) is 7.86. The summed E-state index contributed by atoms with van der Waals surface area (Å²) in [6.07, 6.45) is 1.25. The Labute approximate surface area is 103 Å². The molecule has 0 bridgehead atoms. The molecule has 7 heteroatoms. The van der Waals surface area contributed by atoms with Gasteiger partial charge in [0.15, 0.2) is 0 Å². The predicted octanol–water partition coefficient (Wildman–Crippen LogP) is -1.16. The summed E-state index contributed by atoms with van der Waals surface area (Å²) >= 11 is 0. The summed E-state index contributed by atoms with van der Waals surface area (Å²) in [5.74, 6) is -0.000255. The zero-order chi connectivity index (χ0) is 12.7. The smallest absolute Gasteiger partial charge is 0.281 e. The molecule has 2 heterocycles. The second-order valence-electron chi connectivity index (χ2n) is 5.15. The quantitative estimate of drug-likeness (QED) is 0.659. The fourth-order valence-corrected chi connectivity index (χ4v) is 3.79. The molecule has 100 valence electrons. The molecule has 2 aliphatic rings. The number of nitrogens with one attached hydrogen (secondary N) is 1. The Morgan fingerprint density at radius 2 is 2.12 bits per heavy atom. The summed E-state index contributed by atoms with van der Waals surface area (Å²) < 4.78 is 26.7. The van der Waals surface area contributed by atoms with Crippen LogP contribution < -0.4 is 5.32 Å². The number of rotatable bonds is 2. The molecule has 17 heavy (non-hydrogen) atoms. The topological polar surface area (TPSA) is 72.9 Å². The van der Waals surface area contributed by atoms with E-state index in [1.807, 2.05) is 0 Å². The van der Waals surface area contributed by atoms with Crippen LogP contribution in [0.1, 0.15) is 12.8 Å². The molecule has 0 aromatic carbocycles. The molecule has 0 aliphatic carbocycles. The summed E-state index contributed by atoms with van der Waals surface area (Å²) in [6.45, 7) is 2.32. The van der Waals surface area contributed by atoms with E-state index in [0.29, 0.717) is 32.5 Å².